The number of ether oxygens (including phenoxy) is 1. The van der Waals surface area contributed by atoms with Gasteiger partial charge < -0.3 is 15.4 Å². The number of hydrogen-bond donors (Lipinski definition) is 2. The van der Waals surface area contributed by atoms with Crippen LogP contribution in [-0.4, -0.2) is 38.4 Å². The Hall–Kier alpha value is -2.31. The van der Waals surface area contributed by atoms with Crippen molar-refractivity contribution in [2.24, 2.45) is 5.92 Å². The Bertz CT molecular complexity index is 896. The van der Waals surface area contributed by atoms with Crippen molar-refractivity contribution in [2.75, 3.05) is 5.32 Å². The summed E-state index contributed by atoms with van der Waals surface area (Å²) in [6.07, 6.45) is 6.95. The number of nitrogens with zero attached hydrogens (tertiary/aromatic N) is 3. The second-order valence-corrected chi connectivity index (χ2v) is 9.75. The SMILES string of the molecule is Cc1cnn2c(N[C@H]3CC[C@H](NC(=O)OC(C)(C)C)C3)cc(C(C)C3CC3)nc12. The van der Waals surface area contributed by atoms with Gasteiger partial charge in [0.1, 0.15) is 11.4 Å². The summed E-state index contributed by atoms with van der Waals surface area (Å²) in [6.45, 7) is 9.98. The van der Waals surface area contributed by atoms with E-state index in [0.29, 0.717) is 5.92 Å². The molecule has 1 unspecified atom stereocenters. The molecule has 0 radical (unpaired) electrons. The summed E-state index contributed by atoms with van der Waals surface area (Å²) in [5, 5.41) is 11.2. The molecule has 7 nitrogen and oxygen atoms in total. The Morgan fingerprint density at radius 1 is 1.24 bits per heavy atom. The van der Waals surface area contributed by atoms with Crippen molar-refractivity contribution in [3.63, 3.8) is 0 Å². The predicted molar refractivity (Wildman–Crippen MR) is 113 cm³/mol. The molecule has 0 saturated heterocycles. The van der Waals surface area contributed by atoms with E-state index >= 15 is 0 Å². The van der Waals surface area contributed by atoms with Crippen molar-refractivity contribution >= 4 is 17.6 Å². The van der Waals surface area contributed by atoms with E-state index in [-0.39, 0.29) is 18.2 Å². The van der Waals surface area contributed by atoms with Gasteiger partial charge in [0.15, 0.2) is 5.65 Å². The van der Waals surface area contributed by atoms with Crippen molar-refractivity contribution in [3.8, 4) is 0 Å². The number of carbonyl (C=O) groups excluding carboxylic acids is 1. The smallest absolute Gasteiger partial charge is 0.407 e. The summed E-state index contributed by atoms with van der Waals surface area (Å²) < 4.78 is 7.30. The van der Waals surface area contributed by atoms with Gasteiger partial charge in [-0.1, -0.05) is 6.92 Å². The van der Waals surface area contributed by atoms with E-state index in [9.17, 15) is 4.79 Å². The fraction of sp³-hybridized carbons (Fsp3) is 0.682. The molecule has 3 atom stereocenters. The van der Waals surface area contributed by atoms with E-state index in [4.69, 9.17) is 9.72 Å². The average molecular weight is 400 g/mol. The second-order valence-electron chi connectivity index (χ2n) is 9.75. The van der Waals surface area contributed by atoms with Crippen LogP contribution >= 0.6 is 0 Å². The average Bonchev–Trinajstić information content (AvgIpc) is 3.29. The van der Waals surface area contributed by atoms with Crippen LogP contribution in [0.1, 0.15) is 77.0 Å². The minimum atomic E-state index is -0.477. The number of fused-ring (bicyclic) bond motifs is 1. The number of amides is 1. The quantitative estimate of drug-likeness (QED) is 0.778. The molecular weight excluding hydrogens is 366 g/mol. The van der Waals surface area contributed by atoms with Crippen LogP contribution in [0.2, 0.25) is 0 Å². The van der Waals surface area contributed by atoms with E-state index in [2.05, 4.69) is 35.6 Å². The molecule has 0 bridgehead atoms. The Morgan fingerprint density at radius 2 is 1.97 bits per heavy atom. The standard InChI is InChI=1S/C22H33N5O2/c1-13-12-23-27-19(11-18(26-20(13)27)14(2)15-6-7-15)24-16-8-9-17(10-16)25-21(28)29-22(3,4)5/h11-12,14-17,24H,6-10H2,1-5H3,(H,25,28)/t14?,16-,17-/m0/s1. The number of aryl methyl sites for hydroxylation is 1. The van der Waals surface area contributed by atoms with E-state index < -0.39 is 5.60 Å². The minimum absolute atomic E-state index is 0.129. The van der Waals surface area contributed by atoms with Crippen molar-refractivity contribution < 1.29 is 9.53 Å². The molecule has 0 aliphatic heterocycles. The summed E-state index contributed by atoms with van der Waals surface area (Å²) in [5.74, 6) is 2.23. The van der Waals surface area contributed by atoms with Crippen LogP contribution in [0.4, 0.5) is 10.6 Å². The minimum Gasteiger partial charge on any atom is -0.444 e. The van der Waals surface area contributed by atoms with Gasteiger partial charge in [-0.05, 0) is 65.7 Å². The molecule has 1 amide bonds. The number of hydrogen-bond acceptors (Lipinski definition) is 5. The van der Waals surface area contributed by atoms with Gasteiger partial charge in [-0.15, -0.1) is 0 Å². The zero-order valence-corrected chi connectivity index (χ0v) is 18.2. The summed E-state index contributed by atoms with van der Waals surface area (Å²) >= 11 is 0. The second kappa shape index (κ2) is 7.50. The molecule has 2 aromatic rings. The third kappa shape index (κ3) is 4.65. The van der Waals surface area contributed by atoms with E-state index in [1.807, 2.05) is 31.5 Å². The lowest BCUT2D eigenvalue weighted by Gasteiger charge is -2.22. The van der Waals surface area contributed by atoms with Crippen molar-refractivity contribution in [2.45, 2.75) is 90.3 Å². The Morgan fingerprint density at radius 3 is 2.66 bits per heavy atom. The molecule has 2 heterocycles. The Labute approximate surface area is 172 Å². The first-order valence-electron chi connectivity index (χ1n) is 10.8. The van der Waals surface area contributed by atoms with Crippen molar-refractivity contribution in [1.29, 1.82) is 0 Å². The van der Waals surface area contributed by atoms with E-state index in [0.717, 1.165) is 47.9 Å². The van der Waals surface area contributed by atoms with Crippen LogP contribution in [0, 0.1) is 12.8 Å². The molecule has 2 N–H and O–H groups in total. The van der Waals surface area contributed by atoms with E-state index in [1.54, 1.807) is 0 Å². The van der Waals surface area contributed by atoms with Crippen LogP contribution in [0.5, 0.6) is 0 Å². The molecule has 158 valence electrons. The molecule has 2 fully saturated rings. The fourth-order valence-electron chi connectivity index (χ4n) is 4.19. The summed E-state index contributed by atoms with van der Waals surface area (Å²) in [4.78, 5) is 17.0. The van der Waals surface area contributed by atoms with Gasteiger partial charge in [0.25, 0.3) is 0 Å². The van der Waals surface area contributed by atoms with Gasteiger partial charge in [0, 0.05) is 35.3 Å². The Balaban J connectivity index is 1.46. The third-order valence-electron chi connectivity index (χ3n) is 5.97. The third-order valence-corrected chi connectivity index (χ3v) is 5.97. The van der Waals surface area contributed by atoms with Gasteiger partial charge in [-0.3, -0.25) is 0 Å². The van der Waals surface area contributed by atoms with Crippen molar-refractivity contribution in [3.05, 3.63) is 23.5 Å². The fourth-order valence-corrected chi connectivity index (χ4v) is 4.19. The molecule has 7 heteroatoms. The number of alkyl carbamates (subject to hydrolysis) is 1. The number of anilines is 1. The van der Waals surface area contributed by atoms with Crippen LogP contribution in [0.3, 0.4) is 0 Å². The zero-order chi connectivity index (χ0) is 20.8. The molecular formula is C22H33N5O2. The first-order chi connectivity index (χ1) is 13.7. The summed E-state index contributed by atoms with van der Waals surface area (Å²) in [6, 6.07) is 2.58. The lowest BCUT2D eigenvalue weighted by atomic mass is 10.0. The normalized spacial score (nSPS) is 23.2. The molecule has 4 rings (SSSR count). The van der Waals surface area contributed by atoms with E-state index in [1.165, 1.54) is 12.8 Å². The topological polar surface area (TPSA) is 80.5 Å². The van der Waals surface area contributed by atoms with Gasteiger partial charge >= 0.3 is 6.09 Å². The highest BCUT2D eigenvalue weighted by atomic mass is 16.6. The zero-order valence-electron chi connectivity index (χ0n) is 18.2. The maximum absolute atomic E-state index is 12.1. The number of carbonyl (C=O) groups is 1. The first-order valence-corrected chi connectivity index (χ1v) is 10.8. The van der Waals surface area contributed by atoms with Crippen LogP contribution in [0.15, 0.2) is 12.3 Å². The molecule has 0 spiro atoms. The molecule has 29 heavy (non-hydrogen) atoms. The first kappa shape index (κ1) is 20.0. The van der Waals surface area contributed by atoms with Gasteiger partial charge in [0.05, 0.1) is 6.20 Å². The van der Waals surface area contributed by atoms with Crippen LogP contribution in [0.25, 0.3) is 5.65 Å². The predicted octanol–water partition coefficient (Wildman–Crippen LogP) is 4.41. The van der Waals surface area contributed by atoms with Crippen LogP contribution in [-0.2, 0) is 4.74 Å². The maximum Gasteiger partial charge on any atom is 0.407 e. The number of aromatic nitrogens is 3. The number of rotatable bonds is 5. The largest absolute Gasteiger partial charge is 0.444 e. The lowest BCUT2D eigenvalue weighted by molar-refractivity contribution is 0.0505. The van der Waals surface area contributed by atoms with Crippen molar-refractivity contribution in [1.82, 2.24) is 19.9 Å². The molecule has 2 aliphatic carbocycles. The maximum atomic E-state index is 12.1. The van der Waals surface area contributed by atoms with Gasteiger partial charge in [0.2, 0.25) is 0 Å². The van der Waals surface area contributed by atoms with Gasteiger partial charge in [-0.25, -0.2) is 9.78 Å². The summed E-state index contributed by atoms with van der Waals surface area (Å²) in [7, 11) is 0. The molecule has 2 saturated carbocycles. The monoisotopic (exact) mass is 399 g/mol. The molecule has 2 aliphatic rings. The highest BCUT2D eigenvalue weighted by molar-refractivity contribution is 5.68. The number of nitrogens with one attached hydrogen (secondary N) is 2. The lowest BCUT2D eigenvalue weighted by Crippen LogP contribution is -2.38. The summed E-state index contributed by atoms with van der Waals surface area (Å²) in [5.41, 5.74) is 2.69. The highest BCUT2D eigenvalue weighted by Crippen LogP contribution is 2.42. The Kier molecular flexibility index (Phi) is 5.17. The molecule has 0 aromatic carbocycles. The van der Waals surface area contributed by atoms with Gasteiger partial charge in [-0.2, -0.15) is 9.61 Å². The molecule has 2 aromatic heterocycles. The highest BCUT2D eigenvalue weighted by Gasteiger charge is 2.32. The van der Waals surface area contributed by atoms with Crippen LogP contribution < -0.4 is 10.6 Å².